The topological polar surface area (TPSA) is 55.6 Å². The van der Waals surface area contributed by atoms with Crippen LogP contribution in [0.1, 0.15) is 27.2 Å². The third-order valence-corrected chi connectivity index (χ3v) is 1.29. The second-order valence-electron chi connectivity index (χ2n) is 3.72. The molecule has 4 nitrogen and oxygen atoms in total. The van der Waals surface area contributed by atoms with Crippen molar-refractivity contribution in [3.63, 3.8) is 0 Å². The van der Waals surface area contributed by atoms with Crippen LogP contribution < -0.4 is 5.84 Å². The van der Waals surface area contributed by atoms with E-state index in [2.05, 4.69) is 4.74 Å². The Morgan fingerprint density at radius 1 is 1.42 bits per heavy atom. The Labute approximate surface area is 73.6 Å². The zero-order chi connectivity index (χ0) is 9.61. The van der Waals surface area contributed by atoms with E-state index in [1.807, 2.05) is 20.8 Å². The van der Waals surface area contributed by atoms with Crippen LogP contribution in [0.2, 0.25) is 0 Å². The minimum Gasteiger partial charge on any atom is -0.462 e. The Bertz CT molecular complexity index is 128. The number of nitrogens with zero attached hydrogens (tertiary/aromatic N) is 1. The summed E-state index contributed by atoms with van der Waals surface area (Å²) in [7, 11) is 0. The first-order valence-electron chi connectivity index (χ1n) is 4.07. The smallest absolute Gasteiger partial charge is 0.293 e. The summed E-state index contributed by atoms with van der Waals surface area (Å²) >= 11 is 0. The number of hydrazine groups is 1. The highest BCUT2D eigenvalue weighted by molar-refractivity contribution is 5.37. The third kappa shape index (κ3) is 7.50. The minimum absolute atomic E-state index is 0.318. The summed E-state index contributed by atoms with van der Waals surface area (Å²) < 4.78 is 4.55. The fourth-order valence-corrected chi connectivity index (χ4v) is 0.485. The van der Waals surface area contributed by atoms with Crippen molar-refractivity contribution in [3.8, 4) is 0 Å². The molecular weight excluding hydrogens is 156 g/mol. The molecule has 1 saturated heterocycles. The maximum Gasteiger partial charge on any atom is 0.293 e. The molecule has 0 aromatic carbocycles. The predicted octanol–water partition coefficient (Wildman–Crippen LogP) is 0.524. The standard InChI is InChI=1S/C5H10O2.C3H8N2/c1-5(2,3)7-4-6;4-5-2-1-3-5/h4H,1-3H3;1-4H2. The third-order valence-electron chi connectivity index (χ3n) is 1.29. The van der Waals surface area contributed by atoms with Crippen molar-refractivity contribution in [1.29, 1.82) is 0 Å². The van der Waals surface area contributed by atoms with E-state index in [-0.39, 0.29) is 5.60 Å². The maximum atomic E-state index is 9.60. The minimum atomic E-state index is -0.318. The second kappa shape index (κ2) is 5.11. The van der Waals surface area contributed by atoms with Crippen molar-refractivity contribution in [2.24, 2.45) is 5.84 Å². The van der Waals surface area contributed by atoms with Crippen molar-refractivity contribution in [3.05, 3.63) is 0 Å². The lowest BCUT2D eigenvalue weighted by Crippen LogP contribution is -2.42. The summed E-state index contributed by atoms with van der Waals surface area (Å²) in [5, 5.41) is 1.81. The van der Waals surface area contributed by atoms with Gasteiger partial charge in [0.15, 0.2) is 0 Å². The molecule has 12 heavy (non-hydrogen) atoms. The van der Waals surface area contributed by atoms with Crippen LogP contribution in [-0.2, 0) is 9.53 Å². The first-order chi connectivity index (χ1) is 5.45. The fourth-order valence-electron chi connectivity index (χ4n) is 0.485. The molecule has 1 aliphatic heterocycles. The number of nitrogens with two attached hydrogens (primary N) is 1. The number of hydrogen-bond donors (Lipinski definition) is 1. The lowest BCUT2D eigenvalue weighted by Gasteiger charge is -2.24. The van der Waals surface area contributed by atoms with E-state index in [0.717, 1.165) is 13.1 Å². The Hall–Kier alpha value is -0.610. The summed E-state index contributed by atoms with van der Waals surface area (Å²) in [6.45, 7) is 8.12. The lowest BCUT2D eigenvalue weighted by atomic mass is 10.2. The molecule has 0 amide bonds. The average Bonchev–Trinajstić information content (AvgIpc) is 1.82. The molecule has 2 N–H and O–H groups in total. The summed E-state index contributed by atoms with van der Waals surface area (Å²) in [5.74, 6) is 5.21. The van der Waals surface area contributed by atoms with E-state index < -0.39 is 0 Å². The van der Waals surface area contributed by atoms with Gasteiger partial charge in [-0.25, -0.2) is 5.01 Å². The molecule has 0 bridgehead atoms. The van der Waals surface area contributed by atoms with Crippen molar-refractivity contribution in [2.45, 2.75) is 32.8 Å². The highest BCUT2D eigenvalue weighted by atomic mass is 16.5. The van der Waals surface area contributed by atoms with Gasteiger partial charge in [-0.3, -0.25) is 10.6 Å². The van der Waals surface area contributed by atoms with Gasteiger partial charge in [-0.1, -0.05) is 0 Å². The van der Waals surface area contributed by atoms with E-state index >= 15 is 0 Å². The van der Waals surface area contributed by atoms with E-state index in [1.165, 1.54) is 6.42 Å². The van der Waals surface area contributed by atoms with E-state index in [0.29, 0.717) is 6.47 Å². The number of rotatable bonds is 1. The number of ether oxygens (including phenoxy) is 1. The van der Waals surface area contributed by atoms with Gasteiger partial charge in [-0.15, -0.1) is 0 Å². The van der Waals surface area contributed by atoms with Gasteiger partial charge in [0.05, 0.1) is 0 Å². The van der Waals surface area contributed by atoms with Gasteiger partial charge in [0.2, 0.25) is 0 Å². The molecule has 0 spiro atoms. The molecule has 0 saturated carbocycles. The van der Waals surface area contributed by atoms with Crippen molar-refractivity contribution >= 4 is 6.47 Å². The highest BCUT2D eigenvalue weighted by Crippen LogP contribution is 2.02. The molecule has 0 aromatic heterocycles. The van der Waals surface area contributed by atoms with E-state index in [4.69, 9.17) is 5.84 Å². The van der Waals surface area contributed by atoms with Crippen LogP contribution in [0.4, 0.5) is 0 Å². The average molecular weight is 174 g/mol. The van der Waals surface area contributed by atoms with Gasteiger partial charge < -0.3 is 4.74 Å². The van der Waals surface area contributed by atoms with Crippen molar-refractivity contribution in [2.75, 3.05) is 13.1 Å². The van der Waals surface area contributed by atoms with Crippen molar-refractivity contribution in [1.82, 2.24) is 5.01 Å². The first-order valence-corrected chi connectivity index (χ1v) is 4.07. The number of carbonyl (C=O) groups excluding carboxylic acids is 1. The molecule has 0 unspecified atom stereocenters. The fraction of sp³-hybridized carbons (Fsp3) is 0.875. The Morgan fingerprint density at radius 3 is 1.83 bits per heavy atom. The SMILES string of the molecule is CC(C)(C)OC=O.NN1CCC1. The van der Waals surface area contributed by atoms with Crippen LogP contribution >= 0.6 is 0 Å². The molecule has 1 fully saturated rings. The van der Waals surface area contributed by atoms with E-state index in [9.17, 15) is 4.79 Å². The Balaban J connectivity index is 0.000000211. The molecule has 72 valence electrons. The summed E-state index contributed by atoms with van der Waals surface area (Å²) in [6, 6.07) is 0. The summed E-state index contributed by atoms with van der Waals surface area (Å²) in [5.41, 5.74) is -0.318. The van der Waals surface area contributed by atoms with Gasteiger partial charge in [0.1, 0.15) is 5.60 Å². The predicted molar refractivity (Wildman–Crippen MR) is 47.3 cm³/mol. The molecule has 0 atom stereocenters. The van der Waals surface area contributed by atoms with Crippen LogP contribution in [0, 0.1) is 0 Å². The van der Waals surface area contributed by atoms with Crippen LogP contribution in [0.25, 0.3) is 0 Å². The van der Waals surface area contributed by atoms with E-state index in [1.54, 1.807) is 5.01 Å². The number of hydrogen-bond acceptors (Lipinski definition) is 4. The number of carbonyl (C=O) groups is 1. The second-order valence-corrected chi connectivity index (χ2v) is 3.72. The molecule has 0 aliphatic carbocycles. The van der Waals surface area contributed by atoms with Crippen LogP contribution in [0.15, 0.2) is 0 Å². The van der Waals surface area contributed by atoms with Gasteiger partial charge in [-0.2, -0.15) is 0 Å². The zero-order valence-electron chi connectivity index (χ0n) is 8.04. The van der Waals surface area contributed by atoms with Gasteiger partial charge in [0, 0.05) is 13.1 Å². The summed E-state index contributed by atoms with van der Waals surface area (Å²) in [4.78, 5) is 9.60. The first kappa shape index (κ1) is 11.4. The molecule has 1 rings (SSSR count). The Morgan fingerprint density at radius 2 is 1.83 bits per heavy atom. The largest absolute Gasteiger partial charge is 0.462 e. The molecule has 0 aromatic rings. The van der Waals surface area contributed by atoms with Gasteiger partial charge in [0.25, 0.3) is 6.47 Å². The molecule has 1 heterocycles. The maximum absolute atomic E-state index is 9.60. The summed E-state index contributed by atoms with van der Waals surface area (Å²) in [6.07, 6.45) is 1.29. The molecule has 0 radical (unpaired) electrons. The Kier molecular flexibility index (Phi) is 4.85. The lowest BCUT2D eigenvalue weighted by molar-refractivity contribution is -0.138. The quantitative estimate of drug-likeness (QED) is 0.465. The van der Waals surface area contributed by atoms with Crippen LogP contribution in [0.5, 0.6) is 0 Å². The van der Waals surface area contributed by atoms with Crippen LogP contribution in [-0.4, -0.2) is 30.2 Å². The molecular formula is C8H18N2O2. The van der Waals surface area contributed by atoms with Gasteiger partial charge >= 0.3 is 0 Å². The zero-order valence-corrected chi connectivity index (χ0v) is 8.04. The highest BCUT2D eigenvalue weighted by Gasteiger charge is 2.07. The van der Waals surface area contributed by atoms with Crippen LogP contribution in [0.3, 0.4) is 0 Å². The normalized spacial score (nSPS) is 17.0. The molecule has 1 aliphatic rings. The molecule has 4 heteroatoms. The van der Waals surface area contributed by atoms with Gasteiger partial charge in [-0.05, 0) is 27.2 Å². The monoisotopic (exact) mass is 174 g/mol. The van der Waals surface area contributed by atoms with Crippen molar-refractivity contribution < 1.29 is 9.53 Å².